The van der Waals surface area contributed by atoms with Gasteiger partial charge in [0.25, 0.3) is 0 Å². The molecule has 4 rings (SSSR count). The molecule has 100 valence electrons. The Kier molecular flexibility index (Phi) is 2.45. The quantitative estimate of drug-likeness (QED) is 0.777. The molecule has 3 aliphatic heterocycles. The van der Waals surface area contributed by atoms with E-state index in [1.807, 2.05) is 18.2 Å². The number of benzene rings is 1. The maximum Gasteiger partial charge on any atom is 0.231 e. The first-order chi connectivity index (χ1) is 9.33. The predicted molar refractivity (Wildman–Crippen MR) is 68.8 cm³/mol. The molecule has 1 atom stereocenters. The van der Waals surface area contributed by atoms with Crippen LogP contribution in [0.15, 0.2) is 24.0 Å². The molecule has 0 aromatic heterocycles. The number of fused-ring (bicyclic) bond motifs is 1. The highest BCUT2D eigenvalue weighted by Gasteiger charge is 2.42. The molecule has 0 radical (unpaired) electrons. The fourth-order valence-corrected chi connectivity index (χ4v) is 2.89. The Labute approximate surface area is 111 Å². The predicted octanol–water partition coefficient (Wildman–Crippen LogP) is 3.07. The first-order valence-electron chi connectivity index (χ1n) is 6.76. The average Bonchev–Trinajstić information content (AvgIpc) is 3.12. The van der Waals surface area contributed by atoms with Crippen LogP contribution in [0.2, 0.25) is 0 Å². The lowest BCUT2D eigenvalue weighted by atomic mass is 10.1. The summed E-state index contributed by atoms with van der Waals surface area (Å²) in [5.74, 6) is 2.28. The van der Waals surface area contributed by atoms with Crippen LogP contribution in [-0.4, -0.2) is 19.2 Å². The molecule has 0 aliphatic carbocycles. The van der Waals surface area contributed by atoms with Crippen LogP contribution in [0.1, 0.15) is 31.2 Å². The lowest BCUT2D eigenvalue weighted by molar-refractivity contribution is -0.161. The third-order valence-electron chi connectivity index (χ3n) is 3.86. The van der Waals surface area contributed by atoms with Crippen molar-refractivity contribution < 1.29 is 18.9 Å². The zero-order valence-electron chi connectivity index (χ0n) is 10.7. The van der Waals surface area contributed by atoms with Crippen molar-refractivity contribution in [3.05, 3.63) is 29.5 Å². The van der Waals surface area contributed by atoms with Crippen molar-refractivity contribution in [1.82, 2.24) is 0 Å². The van der Waals surface area contributed by atoms with E-state index in [0.29, 0.717) is 6.79 Å². The second-order valence-corrected chi connectivity index (χ2v) is 5.19. The summed E-state index contributed by atoms with van der Waals surface area (Å²) in [5, 5.41) is 0. The molecule has 1 aromatic rings. The molecule has 0 N–H and O–H groups in total. The van der Waals surface area contributed by atoms with Gasteiger partial charge in [-0.05, 0) is 30.2 Å². The molecule has 4 heteroatoms. The molecule has 0 bridgehead atoms. The molecule has 3 heterocycles. The topological polar surface area (TPSA) is 36.9 Å². The second-order valence-electron chi connectivity index (χ2n) is 5.19. The van der Waals surface area contributed by atoms with Gasteiger partial charge >= 0.3 is 0 Å². The minimum absolute atomic E-state index is 0.308. The summed E-state index contributed by atoms with van der Waals surface area (Å²) in [6, 6.07) is 5.94. The Balaban J connectivity index is 1.56. The minimum Gasteiger partial charge on any atom is -0.467 e. The molecule has 19 heavy (non-hydrogen) atoms. The molecule has 2 saturated heterocycles. The van der Waals surface area contributed by atoms with Gasteiger partial charge in [0.2, 0.25) is 12.6 Å². The van der Waals surface area contributed by atoms with E-state index in [9.17, 15) is 0 Å². The van der Waals surface area contributed by atoms with E-state index in [2.05, 4.69) is 6.08 Å². The summed E-state index contributed by atoms with van der Waals surface area (Å²) >= 11 is 0. The summed E-state index contributed by atoms with van der Waals surface area (Å²) in [4.78, 5) is 0. The van der Waals surface area contributed by atoms with Crippen LogP contribution in [0.3, 0.4) is 0 Å². The van der Waals surface area contributed by atoms with Gasteiger partial charge in [0, 0.05) is 19.3 Å². The van der Waals surface area contributed by atoms with E-state index in [-0.39, 0.29) is 5.79 Å². The van der Waals surface area contributed by atoms with E-state index < -0.39 is 0 Å². The van der Waals surface area contributed by atoms with E-state index in [4.69, 9.17) is 18.9 Å². The number of hydrogen-bond donors (Lipinski definition) is 0. The van der Waals surface area contributed by atoms with Crippen LogP contribution >= 0.6 is 0 Å². The molecule has 2 fully saturated rings. The van der Waals surface area contributed by atoms with Crippen molar-refractivity contribution in [3.8, 4) is 11.5 Å². The van der Waals surface area contributed by atoms with Crippen LogP contribution in [-0.2, 0) is 9.47 Å². The highest BCUT2D eigenvalue weighted by molar-refractivity contribution is 5.58. The zero-order valence-corrected chi connectivity index (χ0v) is 10.7. The molecule has 3 aliphatic rings. The molecule has 1 spiro atoms. The van der Waals surface area contributed by atoms with Crippen LogP contribution in [0.25, 0.3) is 6.08 Å². The number of rotatable bonds is 1. The van der Waals surface area contributed by atoms with Crippen molar-refractivity contribution in [2.24, 2.45) is 0 Å². The van der Waals surface area contributed by atoms with E-state index in [1.165, 1.54) is 0 Å². The van der Waals surface area contributed by atoms with E-state index in [0.717, 1.165) is 55.1 Å². The van der Waals surface area contributed by atoms with Gasteiger partial charge < -0.3 is 18.9 Å². The van der Waals surface area contributed by atoms with Gasteiger partial charge in [-0.15, -0.1) is 0 Å². The van der Waals surface area contributed by atoms with Crippen LogP contribution in [0.4, 0.5) is 0 Å². The van der Waals surface area contributed by atoms with Gasteiger partial charge in [-0.1, -0.05) is 6.07 Å². The third kappa shape index (κ3) is 1.96. The maximum absolute atomic E-state index is 6.00. The Morgan fingerprint density at radius 3 is 2.95 bits per heavy atom. The van der Waals surface area contributed by atoms with Crippen molar-refractivity contribution >= 4 is 6.08 Å². The van der Waals surface area contributed by atoms with Crippen molar-refractivity contribution in [3.63, 3.8) is 0 Å². The second kappa shape index (κ2) is 4.17. The Morgan fingerprint density at radius 2 is 2.05 bits per heavy atom. The van der Waals surface area contributed by atoms with Gasteiger partial charge in [0.15, 0.2) is 11.5 Å². The Bertz CT molecular complexity index is 529. The molecular formula is C15H16O4. The normalized spacial score (nSPS) is 30.2. The molecule has 1 unspecified atom stereocenters. The summed E-state index contributed by atoms with van der Waals surface area (Å²) in [6.45, 7) is 1.13. The third-order valence-corrected chi connectivity index (χ3v) is 3.86. The fraction of sp³-hybridized carbons (Fsp3) is 0.467. The van der Waals surface area contributed by atoms with Crippen LogP contribution in [0, 0.1) is 0 Å². The van der Waals surface area contributed by atoms with E-state index in [1.54, 1.807) is 0 Å². The van der Waals surface area contributed by atoms with E-state index >= 15 is 0 Å². The highest BCUT2D eigenvalue weighted by Crippen LogP contribution is 2.42. The van der Waals surface area contributed by atoms with Gasteiger partial charge in [-0.3, -0.25) is 0 Å². The molecular weight excluding hydrogens is 244 g/mol. The largest absolute Gasteiger partial charge is 0.467 e. The first-order valence-corrected chi connectivity index (χ1v) is 6.76. The lowest BCUT2D eigenvalue weighted by Crippen LogP contribution is -2.24. The molecule has 0 saturated carbocycles. The number of ether oxygens (including phenoxy) is 4. The van der Waals surface area contributed by atoms with Crippen molar-refractivity contribution in [2.75, 3.05) is 13.4 Å². The van der Waals surface area contributed by atoms with Crippen molar-refractivity contribution in [1.29, 1.82) is 0 Å². The summed E-state index contributed by atoms with van der Waals surface area (Å²) in [5.41, 5.74) is 1.08. The molecule has 0 amide bonds. The lowest BCUT2D eigenvalue weighted by Gasteiger charge is -2.21. The average molecular weight is 260 g/mol. The summed E-state index contributed by atoms with van der Waals surface area (Å²) in [6.07, 6.45) is 6.07. The minimum atomic E-state index is -0.331. The van der Waals surface area contributed by atoms with Crippen LogP contribution < -0.4 is 9.47 Å². The summed E-state index contributed by atoms with van der Waals surface area (Å²) in [7, 11) is 0. The van der Waals surface area contributed by atoms with Crippen LogP contribution in [0.5, 0.6) is 11.5 Å². The monoisotopic (exact) mass is 260 g/mol. The Hall–Kier alpha value is -1.68. The molecule has 1 aromatic carbocycles. The smallest absolute Gasteiger partial charge is 0.231 e. The van der Waals surface area contributed by atoms with Gasteiger partial charge in [-0.2, -0.15) is 0 Å². The standard InChI is InChI=1S/C15H16O4/c1-5-15(18-7-1)6-4-12(19-15)8-11-2-3-13-14(9-11)17-10-16-13/h2-3,8-9H,1,4-7,10H2/b12-8-. The van der Waals surface area contributed by atoms with Crippen molar-refractivity contribution in [2.45, 2.75) is 31.5 Å². The molecule has 4 nitrogen and oxygen atoms in total. The SMILES string of the molecule is C(=C1\CCC2(CCCO2)O1)/c1ccc2c(c1)OCO2. The van der Waals surface area contributed by atoms with Gasteiger partial charge in [0.1, 0.15) is 5.76 Å². The summed E-state index contributed by atoms with van der Waals surface area (Å²) < 4.78 is 22.4. The van der Waals surface area contributed by atoms with Gasteiger partial charge in [-0.25, -0.2) is 0 Å². The highest BCUT2D eigenvalue weighted by atomic mass is 16.7. The fourth-order valence-electron chi connectivity index (χ4n) is 2.89. The zero-order chi connectivity index (χ0) is 12.7. The Morgan fingerprint density at radius 1 is 1.11 bits per heavy atom. The number of allylic oxidation sites excluding steroid dienone is 1. The maximum atomic E-state index is 6.00. The first kappa shape index (κ1) is 11.2. The number of hydrogen-bond acceptors (Lipinski definition) is 4. The van der Waals surface area contributed by atoms with Gasteiger partial charge in [0.05, 0.1) is 6.61 Å².